The van der Waals surface area contributed by atoms with E-state index in [0.717, 1.165) is 20.3 Å². The van der Waals surface area contributed by atoms with Gasteiger partial charge in [-0.25, -0.2) is 8.42 Å². The number of carbonyl (C=O) groups excluding carboxylic acids is 2. The lowest BCUT2D eigenvalue weighted by Crippen LogP contribution is -2.29. The van der Waals surface area contributed by atoms with Gasteiger partial charge in [-0.05, 0) is 60.5 Å². The first-order valence-electron chi connectivity index (χ1n) is 10.9. The lowest BCUT2D eigenvalue weighted by atomic mass is 10.2. The number of esters is 1. The predicted molar refractivity (Wildman–Crippen MR) is 141 cm³/mol. The highest BCUT2D eigenvalue weighted by Gasteiger charge is 2.30. The number of benzene rings is 3. The largest absolute Gasteiger partial charge is 0.468 e. The summed E-state index contributed by atoms with van der Waals surface area (Å²) in [5.41, 5.74) is 2.65. The summed E-state index contributed by atoms with van der Waals surface area (Å²) in [6, 6.07) is 18.7. The van der Waals surface area contributed by atoms with Crippen molar-refractivity contribution in [1.29, 1.82) is 0 Å². The second-order valence-corrected chi connectivity index (χ2v) is 11.8. The molecule has 3 aromatic carbocycles. The third-order valence-corrected chi connectivity index (χ3v) is 9.25. The Morgan fingerprint density at radius 2 is 1.83 bits per heavy atom. The number of ether oxygens (including phenoxy) is 1. The van der Waals surface area contributed by atoms with Gasteiger partial charge in [0.1, 0.15) is 6.54 Å². The molecular weight excluding hydrogens is 566 g/mol. The van der Waals surface area contributed by atoms with Crippen LogP contribution in [0.1, 0.15) is 15.9 Å². The van der Waals surface area contributed by atoms with Gasteiger partial charge in [-0.1, -0.05) is 45.5 Å². The summed E-state index contributed by atoms with van der Waals surface area (Å²) in [4.78, 5) is 29.6. The van der Waals surface area contributed by atoms with Crippen LogP contribution in [0.4, 0.5) is 5.69 Å². The molecule has 0 unspecified atom stereocenters. The Labute approximate surface area is 219 Å². The number of nitrogens with zero attached hydrogens (tertiary/aromatic N) is 3. The molecule has 11 heteroatoms. The van der Waals surface area contributed by atoms with E-state index in [1.165, 1.54) is 47.0 Å². The van der Waals surface area contributed by atoms with E-state index >= 15 is 0 Å². The zero-order chi connectivity index (χ0) is 25.4. The predicted octanol–water partition coefficient (Wildman–Crippen LogP) is 4.13. The minimum absolute atomic E-state index is 0.0985. The van der Waals surface area contributed by atoms with Crippen molar-refractivity contribution in [3.8, 4) is 0 Å². The lowest BCUT2D eigenvalue weighted by molar-refractivity contribution is -0.141. The van der Waals surface area contributed by atoms with Crippen molar-refractivity contribution in [2.75, 3.05) is 18.0 Å². The van der Waals surface area contributed by atoms with E-state index in [9.17, 15) is 18.0 Å². The normalized spacial score (nSPS) is 13.7. The number of para-hydroxylation sites is 1. The Kier molecular flexibility index (Phi) is 6.54. The molecular formula is C25H20BrN3O5S2. The summed E-state index contributed by atoms with van der Waals surface area (Å²) >= 11 is 4.70. The van der Waals surface area contributed by atoms with Crippen molar-refractivity contribution < 1.29 is 22.7 Å². The van der Waals surface area contributed by atoms with E-state index in [2.05, 4.69) is 20.9 Å². The number of anilines is 1. The smallest absolute Gasteiger partial charge is 0.325 e. The summed E-state index contributed by atoms with van der Waals surface area (Å²) in [6.45, 7) is 0.276. The number of carbonyl (C=O) groups is 2. The Hall–Kier alpha value is -3.28. The van der Waals surface area contributed by atoms with E-state index in [4.69, 9.17) is 4.74 Å². The highest BCUT2D eigenvalue weighted by atomic mass is 79.9. The molecule has 1 aliphatic heterocycles. The van der Waals surface area contributed by atoms with E-state index < -0.39 is 21.9 Å². The Balaban J connectivity index is 1.47. The number of aromatic nitrogens is 1. The van der Waals surface area contributed by atoms with Crippen molar-refractivity contribution in [3.63, 3.8) is 0 Å². The van der Waals surface area contributed by atoms with Crippen LogP contribution in [0.15, 0.2) is 81.1 Å². The third kappa shape index (κ3) is 4.49. The summed E-state index contributed by atoms with van der Waals surface area (Å²) in [5.74, 6) is -1.01. The number of rotatable bonds is 5. The molecule has 0 spiro atoms. The molecule has 1 aliphatic rings. The van der Waals surface area contributed by atoms with Crippen LogP contribution in [0.2, 0.25) is 0 Å². The highest BCUT2D eigenvalue weighted by Crippen LogP contribution is 2.32. The Morgan fingerprint density at radius 1 is 1.08 bits per heavy atom. The summed E-state index contributed by atoms with van der Waals surface area (Å²) in [5, 5.41) is 0. The topological polar surface area (TPSA) is 98.0 Å². The molecule has 2 heterocycles. The van der Waals surface area contributed by atoms with Crippen LogP contribution >= 0.6 is 27.3 Å². The molecule has 1 amide bonds. The van der Waals surface area contributed by atoms with Gasteiger partial charge in [-0.2, -0.15) is 4.99 Å². The fourth-order valence-electron chi connectivity index (χ4n) is 4.08. The molecule has 184 valence electrons. The minimum Gasteiger partial charge on any atom is -0.468 e. The number of methoxy groups -OCH3 is 1. The molecule has 5 rings (SSSR count). The SMILES string of the molecule is COC(=O)Cn1c(=NC(=O)c2ccc(S(=O)(=O)N3CCc4ccccc43)cc2)sc2cc(Br)ccc21. The number of halogens is 1. The van der Waals surface area contributed by atoms with Gasteiger partial charge in [0.15, 0.2) is 4.80 Å². The zero-order valence-electron chi connectivity index (χ0n) is 19.0. The summed E-state index contributed by atoms with van der Waals surface area (Å²) in [7, 11) is -2.47. The standard InChI is InChI=1S/C25H20BrN3O5S2/c1-34-23(30)15-28-21-11-8-18(26)14-22(21)35-25(28)27-24(31)17-6-9-19(10-7-17)36(32,33)29-13-12-16-4-2-3-5-20(16)29/h2-11,14H,12-13,15H2,1H3. The van der Waals surface area contributed by atoms with Crippen LogP contribution < -0.4 is 9.11 Å². The van der Waals surface area contributed by atoms with E-state index in [1.807, 2.05) is 36.4 Å². The zero-order valence-corrected chi connectivity index (χ0v) is 22.3. The fourth-order valence-corrected chi connectivity index (χ4v) is 7.17. The number of sulfonamides is 1. The molecule has 0 bridgehead atoms. The second kappa shape index (κ2) is 9.64. The van der Waals surface area contributed by atoms with Gasteiger partial charge in [0.2, 0.25) is 0 Å². The first kappa shape index (κ1) is 24.4. The van der Waals surface area contributed by atoms with Crippen LogP contribution in [0.5, 0.6) is 0 Å². The van der Waals surface area contributed by atoms with Crippen LogP contribution in [-0.4, -0.2) is 38.5 Å². The Bertz CT molecular complexity index is 1670. The highest BCUT2D eigenvalue weighted by molar-refractivity contribution is 9.10. The molecule has 8 nitrogen and oxygen atoms in total. The molecule has 0 atom stereocenters. The van der Waals surface area contributed by atoms with Crippen LogP contribution in [0.25, 0.3) is 10.2 Å². The maximum atomic E-state index is 13.2. The van der Waals surface area contributed by atoms with E-state index in [0.29, 0.717) is 23.5 Å². The van der Waals surface area contributed by atoms with Gasteiger partial charge < -0.3 is 9.30 Å². The van der Waals surface area contributed by atoms with Gasteiger partial charge >= 0.3 is 5.97 Å². The van der Waals surface area contributed by atoms with Gasteiger partial charge in [0.05, 0.1) is 27.9 Å². The van der Waals surface area contributed by atoms with Crippen molar-refractivity contribution in [2.24, 2.45) is 4.99 Å². The molecule has 4 aromatic rings. The summed E-state index contributed by atoms with van der Waals surface area (Å²) < 4.78 is 36.0. The number of thiazole rings is 1. The third-order valence-electron chi connectivity index (χ3n) is 5.89. The number of hydrogen-bond donors (Lipinski definition) is 0. The van der Waals surface area contributed by atoms with Crippen LogP contribution in [0.3, 0.4) is 0 Å². The number of amides is 1. The molecule has 1 aromatic heterocycles. The van der Waals surface area contributed by atoms with Crippen molar-refractivity contribution >= 4 is 65.1 Å². The number of fused-ring (bicyclic) bond motifs is 2. The van der Waals surface area contributed by atoms with Crippen LogP contribution in [-0.2, 0) is 32.5 Å². The second-order valence-electron chi connectivity index (χ2n) is 8.06. The van der Waals surface area contributed by atoms with Crippen LogP contribution in [0, 0.1) is 0 Å². The summed E-state index contributed by atoms with van der Waals surface area (Å²) in [6.07, 6.45) is 0.655. The van der Waals surface area contributed by atoms with Gasteiger partial charge in [0, 0.05) is 16.6 Å². The average molecular weight is 586 g/mol. The van der Waals surface area contributed by atoms with Crippen molar-refractivity contribution in [1.82, 2.24) is 4.57 Å². The van der Waals surface area contributed by atoms with Gasteiger partial charge in [-0.3, -0.25) is 13.9 Å². The molecule has 0 saturated carbocycles. The van der Waals surface area contributed by atoms with E-state index in [1.54, 1.807) is 10.6 Å². The fraction of sp³-hybridized carbons (Fsp3) is 0.160. The average Bonchev–Trinajstić information content (AvgIpc) is 3.45. The molecule has 0 saturated heterocycles. The molecule has 0 aliphatic carbocycles. The van der Waals surface area contributed by atoms with E-state index in [-0.39, 0.29) is 17.0 Å². The maximum Gasteiger partial charge on any atom is 0.325 e. The lowest BCUT2D eigenvalue weighted by Gasteiger charge is -2.19. The number of hydrogen-bond acceptors (Lipinski definition) is 6. The maximum absolute atomic E-state index is 13.2. The van der Waals surface area contributed by atoms with Gasteiger partial charge in [0.25, 0.3) is 15.9 Å². The quantitative estimate of drug-likeness (QED) is 0.328. The first-order valence-corrected chi connectivity index (χ1v) is 14.0. The molecule has 36 heavy (non-hydrogen) atoms. The molecule has 0 radical (unpaired) electrons. The molecule has 0 fully saturated rings. The first-order chi connectivity index (χ1) is 17.3. The Morgan fingerprint density at radius 3 is 2.58 bits per heavy atom. The molecule has 0 N–H and O–H groups in total. The van der Waals surface area contributed by atoms with Gasteiger partial charge in [-0.15, -0.1) is 0 Å². The van der Waals surface area contributed by atoms with Crippen molar-refractivity contribution in [3.05, 3.63) is 87.1 Å². The minimum atomic E-state index is -3.76. The van der Waals surface area contributed by atoms with Crippen molar-refractivity contribution in [2.45, 2.75) is 17.9 Å². The monoisotopic (exact) mass is 585 g/mol.